The molecule has 2 aliphatic heterocycles. The highest BCUT2D eigenvalue weighted by Crippen LogP contribution is 2.27. The Labute approximate surface area is 146 Å². The lowest BCUT2D eigenvalue weighted by molar-refractivity contribution is -0.187. The van der Waals surface area contributed by atoms with Crippen LogP contribution in [0.25, 0.3) is 0 Å². The predicted molar refractivity (Wildman–Crippen MR) is 84.2 cm³/mol. The van der Waals surface area contributed by atoms with Crippen LogP contribution in [0.4, 0.5) is 18.3 Å². The Kier molecular flexibility index (Phi) is 4.85. The van der Waals surface area contributed by atoms with Crippen molar-refractivity contribution in [2.75, 3.05) is 37.6 Å². The van der Waals surface area contributed by atoms with Gasteiger partial charge in [-0.3, -0.25) is 9.59 Å². The fourth-order valence-corrected chi connectivity index (χ4v) is 3.90. The molecule has 2 saturated heterocycles. The molecule has 0 aromatic carbocycles. The molecule has 0 saturated carbocycles. The van der Waals surface area contributed by atoms with Crippen molar-refractivity contribution in [2.24, 2.45) is 0 Å². The summed E-state index contributed by atoms with van der Waals surface area (Å²) in [5.41, 5.74) is 0. The summed E-state index contributed by atoms with van der Waals surface area (Å²) in [4.78, 5) is 32.6. The van der Waals surface area contributed by atoms with Gasteiger partial charge in [0, 0.05) is 44.3 Å². The van der Waals surface area contributed by atoms with E-state index in [9.17, 15) is 22.8 Å². The van der Waals surface area contributed by atoms with E-state index in [0.29, 0.717) is 43.3 Å². The van der Waals surface area contributed by atoms with Crippen LogP contribution >= 0.6 is 11.5 Å². The Balaban J connectivity index is 1.61. The predicted octanol–water partition coefficient (Wildman–Crippen LogP) is 1.05. The summed E-state index contributed by atoms with van der Waals surface area (Å²) in [6.45, 7) is 3.63. The van der Waals surface area contributed by atoms with E-state index in [1.807, 2.05) is 4.90 Å². The summed E-state index contributed by atoms with van der Waals surface area (Å²) in [7, 11) is 0. The molecule has 7 nitrogen and oxygen atoms in total. The van der Waals surface area contributed by atoms with Gasteiger partial charge in [-0.05, 0) is 19.8 Å². The van der Waals surface area contributed by atoms with E-state index in [1.54, 1.807) is 6.92 Å². The maximum Gasteiger partial charge on any atom is 0.471 e. The second-order valence-electron chi connectivity index (χ2n) is 6.09. The van der Waals surface area contributed by atoms with E-state index < -0.39 is 24.0 Å². The smallest absolute Gasteiger partial charge is 0.343 e. The number of carbonyl (C=O) groups is 2. The number of likely N-dealkylation sites (tertiary alicyclic amines) is 1. The van der Waals surface area contributed by atoms with Crippen molar-refractivity contribution in [1.29, 1.82) is 0 Å². The third kappa shape index (κ3) is 3.70. The molecule has 1 unspecified atom stereocenters. The molecule has 1 aromatic rings. The Morgan fingerprint density at radius 1 is 1.16 bits per heavy atom. The highest BCUT2D eigenvalue weighted by Gasteiger charge is 2.48. The van der Waals surface area contributed by atoms with Gasteiger partial charge in [-0.15, -0.1) is 0 Å². The van der Waals surface area contributed by atoms with Gasteiger partial charge in [0.05, 0.1) is 0 Å². The molecule has 0 bridgehead atoms. The normalized spacial score (nSPS) is 21.8. The second kappa shape index (κ2) is 6.77. The van der Waals surface area contributed by atoms with Crippen LogP contribution in [-0.2, 0) is 9.59 Å². The number of rotatable bonds is 2. The van der Waals surface area contributed by atoms with Crippen molar-refractivity contribution in [1.82, 2.24) is 19.2 Å². The van der Waals surface area contributed by atoms with Crippen LogP contribution in [0.15, 0.2) is 0 Å². The number of anilines is 1. The zero-order valence-electron chi connectivity index (χ0n) is 13.6. The fourth-order valence-electron chi connectivity index (χ4n) is 3.17. The van der Waals surface area contributed by atoms with Crippen molar-refractivity contribution in [3.05, 3.63) is 5.82 Å². The van der Waals surface area contributed by atoms with Crippen molar-refractivity contribution < 1.29 is 22.8 Å². The number of aryl methyl sites for hydroxylation is 1. The number of piperazine rings is 1. The van der Waals surface area contributed by atoms with Crippen molar-refractivity contribution >= 4 is 28.5 Å². The standard InChI is InChI=1S/C14H18F3N5O2S/c1-9-18-13(25-19-9)21-7-5-20(6-8-21)11(23)10-3-2-4-22(10)12(24)14(15,16)17/h10H,2-8H2,1H3. The average Bonchev–Trinajstić information content (AvgIpc) is 3.21. The molecule has 1 atom stereocenters. The number of carbonyl (C=O) groups excluding carboxylic acids is 2. The molecular weight excluding hydrogens is 359 g/mol. The molecule has 0 spiro atoms. The molecule has 2 fully saturated rings. The van der Waals surface area contributed by atoms with Gasteiger partial charge in [-0.2, -0.15) is 17.5 Å². The topological polar surface area (TPSA) is 69.6 Å². The molecule has 1 aromatic heterocycles. The molecule has 0 radical (unpaired) electrons. The average molecular weight is 377 g/mol. The van der Waals surface area contributed by atoms with E-state index >= 15 is 0 Å². The summed E-state index contributed by atoms with van der Waals surface area (Å²) in [5.74, 6) is -1.64. The third-order valence-corrected chi connectivity index (χ3v) is 5.29. The van der Waals surface area contributed by atoms with Crippen LogP contribution in [-0.4, -0.2) is 75.9 Å². The Morgan fingerprint density at radius 2 is 1.84 bits per heavy atom. The third-order valence-electron chi connectivity index (χ3n) is 4.42. The summed E-state index contributed by atoms with van der Waals surface area (Å²) in [6.07, 6.45) is -4.27. The molecule has 11 heteroatoms. The fraction of sp³-hybridized carbons (Fsp3) is 0.714. The van der Waals surface area contributed by atoms with Gasteiger partial charge >= 0.3 is 12.1 Å². The summed E-state index contributed by atoms with van der Waals surface area (Å²) < 4.78 is 42.2. The Morgan fingerprint density at radius 3 is 2.40 bits per heavy atom. The Bertz CT molecular complexity index is 657. The highest BCUT2D eigenvalue weighted by molar-refractivity contribution is 7.09. The van der Waals surface area contributed by atoms with Gasteiger partial charge in [0.2, 0.25) is 11.0 Å². The molecule has 2 aliphatic rings. The summed E-state index contributed by atoms with van der Waals surface area (Å²) >= 11 is 1.28. The number of amides is 2. The molecule has 3 rings (SSSR count). The number of hydrogen-bond donors (Lipinski definition) is 0. The van der Waals surface area contributed by atoms with Crippen LogP contribution in [0.2, 0.25) is 0 Å². The zero-order valence-corrected chi connectivity index (χ0v) is 14.4. The van der Waals surface area contributed by atoms with Gasteiger partial charge < -0.3 is 14.7 Å². The molecule has 0 aliphatic carbocycles. The lowest BCUT2D eigenvalue weighted by Crippen LogP contribution is -2.55. The summed E-state index contributed by atoms with van der Waals surface area (Å²) in [5, 5.41) is 0.777. The van der Waals surface area contributed by atoms with Gasteiger partial charge in [0.1, 0.15) is 11.9 Å². The van der Waals surface area contributed by atoms with Crippen LogP contribution in [0.3, 0.4) is 0 Å². The second-order valence-corrected chi connectivity index (χ2v) is 6.82. The lowest BCUT2D eigenvalue weighted by Gasteiger charge is -2.37. The van der Waals surface area contributed by atoms with Gasteiger partial charge in [0.15, 0.2) is 0 Å². The first kappa shape index (κ1) is 17.9. The van der Waals surface area contributed by atoms with Crippen molar-refractivity contribution in [2.45, 2.75) is 32.0 Å². The SMILES string of the molecule is Cc1nsc(N2CCN(C(=O)C3CCCN3C(=O)C(F)(F)F)CC2)n1. The molecular formula is C14H18F3N5O2S. The van der Waals surface area contributed by atoms with E-state index in [-0.39, 0.29) is 13.0 Å². The monoisotopic (exact) mass is 377 g/mol. The lowest BCUT2D eigenvalue weighted by atomic mass is 10.1. The quantitative estimate of drug-likeness (QED) is 0.771. The van der Waals surface area contributed by atoms with Crippen LogP contribution in [0.5, 0.6) is 0 Å². The minimum atomic E-state index is -4.95. The molecule has 25 heavy (non-hydrogen) atoms. The number of alkyl halides is 3. The maximum atomic E-state index is 12.7. The van der Waals surface area contributed by atoms with Crippen LogP contribution in [0, 0.1) is 6.92 Å². The number of nitrogens with zero attached hydrogens (tertiary/aromatic N) is 5. The van der Waals surface area contributed by atoms with Crippen LogP contribution in [0.1, 0.15) is 18.7 Å². The van der Waals surface area contributed by atoms with E-state index in [0.717, 1.165) is 5.13 Å². The summed E-state index contributed by atoms with van der Waals surface area (Å²) in [6, 6.07) is -1.01. The first-order valence-electron chi connectivity index (χ1n) is 7.99. The molecule has 0 N–H and O–H groups in total. The van der Waals surface area contributed by atoms with Crippen molar-refractivity contribution in [3.8, 4) is 0 Å². The first-order chi connectivity index (χ1) is 11.8. The van der Waals surface area contributed by atoms with Gasteiger partial charge in [-0.1, -0.05) is 0 Å². The van der Waals surface area contributed by atoms with E-state index in [4.69, 9.17) is 0 Å². The number of hydrogen-bond acceptors (Lipinski definition) is 6. The highest BCUT2D eigenvalue weighted by atomic mass is 32.1. The molecule has 2 amide bonds. The van der Waals surface area contributed by atoms with E-state index in [1.165, 1.54) is 16.4 Å². The number of halogens is 3. The van der Waals surface area contributed by atoms with E-state index in [2.05, 4.69) is 9.36 Å². The molecule has 3 heterocycles. The number of aromatic nitrogens is 2. The zero-order chi connectivity index (χ0) is 18.2. The first-order valence-corrected chi connectivity index (χ1v) is 8.76. The molecule has 138 valence electrons. The Hall–Kier alpha value is -1.91. The van der Waals surface area contributed by atoms with Gasteiger partial charge in [0.25, 0.3) is 0 Å². The maximum absolute atomic E-state index is 12.7. The minimum Gasteiger partial charge on any atom is -0.343 e. The minimum absolute atomic E-state index is 0.0290. The van der Waals surface area contributed by atoms with Gasteiger partial charge in [-0.25, -0.2) is 4.98 Å². The van der Waals surface area contributed by atoms with Crippen molar-refractivity contribution in [3.63, 3.8) is 0 Å². The largest absolute Gasteiger partial charge is 0.471 e. The van der Waals surface area contributed by atoms with Crippen LogP contribution < -0.4 is 4.90 Å².